The third kappa shape index (κ3) is 15.8. The Morgan fingerprint density at radius 2 is 1.38 bits per heavy atom. The lowest BCUT2D eigenvalue weighted by Gasteiger charge is -2.34. The van der Waals surface area contributed by atoms with Crippen molar-refractivity contribution in [2.45, 2.75) is 26.5 Å². The summed E-state index contributed by atoms with van der Waals surface area (Å²) in [5.74, 6) is -0.485. The van der Waals surface area contributed by atoms with E-state index in [0.717, 1.165) is 18.2 Å². The lowest BCUT2D eigenvalue weighted by molar-refractivity contribution is -0.432. The van der Waals surface area contributed by atoms with E-state index in [-0.39, 0.29) is 105 Å². The molecule has 41 heteroatoms. The van der Waals surface area contributed by atoms with Crippen LogP contribution in [0.4, 0.5) is 57.9 Å². The monoisotopic (exact) mass is 1410 g/mol. The van der Waals surface area contributed by atoms with Crippen LogP contribution in [0.3, 0.4) is 0 Å². The van der Waals surface area contributed by atoms with Crippen molar-refractivity contribution in [3.63, 3.8) is 0 Å². The fourth-order valence-corrected chi connectivity index (χ4v) is 13.1. The number of Topliss-reactive ketones (excluding diaryl/α,β-unsaturated/α-hetero) is 1. The molecule has 1 saturated heterocycles. The molecular formula is C52H46Cl2N16O18S5. The van der Waals surface area contributed by atoms with E-state index in [4.69, 9.17) is 47.8 Å². The number of halogens is 2. The van der Waals surface area contributed by atoms with Crippen molar-refractivity contribution in [3.8, 4) is 5.75 Å². The number of benzene rings is 6. The molecule has 10 rings (SSSR count). The fraction of sp³-hybridized carbons (Fsp3) is 0.173. The van der Waals surface area contributed by atoms with Crippen LogP contribution in [-0.4, -0.2) is 155 Å². The number of anilines is 8. The molecule has 3 heterocycles. The summed E-state index contributed by atoms with van der Waals surface area (Å²) in [6, 6.07) is 20.0. The van der Waals surface area contributed by atoms with Gasteiger partial charge in [0.25, 0.3) is 30.4 Å². The predicted octanol–water partition coefficient (Wildman–Crippen LogP) is 9.04. The summed E-state index contributed by atoms with van der Waals surface area (Å²) in [5, 5.41) is 46.5. The zero-order valence-electron chi connectivity index (χ0n) is 47.7. The smallest absolute Gasteiger partial charge is 0.295 e. The lowest BCUT2D eigenvalue weighted by Crippen LogP contribution is -2.48. The summed E-state index contributed by atoms with van der Waals surface area (Å²) >= 11 is 13.8. The number of nitrogens with zero attached hydrogens (tertiary/aromatic N) is 12. The number of hydrazone groups is 1. The SMILES string of the molecule is COc1cc(N=Nc2cc(S(=O)(=O)O)c3cccc(S(=O)(=O)O)c3c2)c(NC(C)=O)cc1Nc1nc(Cl)nc(NCCN2CCN(c3nc(Cl)nc(N(C)c4ccc5c(c4)C=C(SOOO)/C(=N\Nc4ccc6c(S(=O)(=O)O)cccc6c4SOOO)C5=O)n3)CC2)n1. The minimum absolute atomic E-state index is 0.0267. The third-order valence-corrected chi connectivity index (χ3v) is 18.1. The van der Waals surface area contributed by atoms with Crippen molar-refractivity contribution in [2.24, 2.45) is 15.3 Å². The number of amides is 1. The van der Waals surface area contributed by atoms with Gasteiger partial charge in [0.2, 0.25) is 46.1 Å². The van der Waals surface area contributed by atoms with E-state index in [9.17, 15) is 48.5 Å². The van der Waals surface area contributed by atoms with Crippen molar-refractivity contribution < 1.29 is 82.5 Å². The van der Waals surface area contributed by atoms with Crippen molar-refractivity contribution in [3.05, 3.63) is 118 Å². The van der Waals surface area contributed by atoms with E-state index in [1.54, 1.807) is 36.2 Å². The third-order valence-electron chi connectivity index (χ3n) is 13.7. The van der Waals surface area contributed by atoms with Gasteiger partial charge in [-0.15, -0.1) is 13.8 Å². The number of ether oxygens (including phenoxy) is 1. The van der Waals surface area contributed by atoms with Gasteiger partial charge in [0.05, 0.1) is 63.7 Å². The Balaban J connectivity index is 0.786. The van der Waals surface area contributed by atoms with Gasteiger partial charge in [-0.2, -0.15) is 65.4 Å². The van der Waals surface area contributed by atoms with Gasteiger partial charge in [-0.25, -0.2) is 10.5 Å². The van der Waals surface area contributed by atoms with Crippen LogP contribution in [-0.2, 0) is 53.9 Å². The first kappa shape index (κ1) is 67.4. The highest BCUT2D eigenvalue weighted by atomic mass is 35.5. The molecule has 1 aliphatic carbocycles. The van der Waals surface area contributed by atoms with Crippen LogP contribution in [0.1, 0.15) is 22.8 Å². The Hall–Kier alpha value is -8.46. The number of fused-ring (bicyclic) bond motifs is 3. The van der Waals surface area contributed by atoms with Gasteiger partial charge < -0.3 is 30.5 Å². The molecule has 1 aliphatic heterocycles. The van der Waals surface area contributed by atoms with Crippen molar-refractivity contribution >= 4 is 181 Å². The first-order valence-electron chi connectivity index (χ1n) is 26.4. The molecule has 93 heavy (non-hydrogen) atoms. The lowest BCUT2D eigenvalue weighted by atomic mass is 9.94. The molecular weight excluding hydrogens is 1370 g/mol. The highest BCUT2D eigenvalue weighted by Crippen LogP contribution is 2.42. The second-order valence-electron chi connectivity index (χ2n) is 19.5. The molecule has 1 fully saturated rings. The number of allylic oxidation sites excluding steroid dienone is 1. The van der Waals surface area contributed by atoms with E-state index in [2.05, 4.69) is 80.9 Å². The molecule has 9 N–H and O–H groups in total. The molecule has 0 unspecified atom stereocenters. The number of methoxy groups -OCH3 is 1. The highest BCUT2D eigenvalue weighted by Gasteiger charge is 2.30. The molecule has 0 bridgehead atoms. The Morgan fingerprint density at radius 3 is 2.06 bits per heavy atom. The summed E-state index contributed by atoms with van der Waals surface area (Å²) < 4.78 is 118. The van der Waals surface area contributed by atoms with Crippen molar-refractivity contribution in [1.82, 2.24) is 34.8 Å². The molecule has 2 aliphatic rings. The maximum Gasteiger partial charge on any atom is 0.295 e. The van der Waals surface area contributed by atoms with Gasteiger partial charge in [0, 0.05) is 92.1 Å². The van der Waals surface area contributed by atoms with Gasteiger partial charge in [-0.3, -0.25) is 33.6 Å². The van der Waals surface area contributed by atoms with Crippen molar-refractivity contribution in [1.29, 1.82) is 0 Å². The van der Waals surface area contributed by atoms with Gasteiger partial charge >= 0.3 is 0 Å². The van der Waals surface area contributed by atoms with Crippen LogP contribution in [0, 0.1) is 0 Å². The van der Waals surface area contributed by atoms with Gasteiger partial charge in [0.15, 0.2) is 0 Å². The largest absolute Gasteiger partial charge is 0.494 e. The van der Waals surface area contributed by atoms with Crippen LogP contribution in [0.25, 0.3) is 27.6 Å². The average molecular weight is 1410 g/mol. The summed E-state index contributed by atoms with van der Waals surface area (Å²) in [6.45, 7) is 4.22. The normalized spacial score (nSPS) is 14.4. The molecule has 2 aromatic heterocycles. The Bertz CT molecular complexity index is 4750. The van der Waals surface area contributed by atoms with Crippen LogP contribution in [0.2, 0.25) is 10.6 Å². The topological polar surface area (TPSA) is 456 Å². The molecule has 0 atom stereocenters. The van der Waals surface area contributed by atoms with Gasteiger partial charge in [-0.1, -0.05) is 40.4 Å². The summed E-state index contributed by atoms with van der Waals surface area (Å²) in [6.07, 6.45) is 1.54. The second-order valence-corrected chi connectivity index (χ2v) is 25.8. The molecule has 0 saturated carbocycles. The Labute approximate surface area is 544 Å². The first-order chi connectivity index (χ1) is 44.3. The summed E-state index contributed by atoms with van der Waals surface area (Å²) in [7, 11) is -11.5. The van der Waals surface area contributed by atoms with Crippen LogP contribution in [0.15, 0.2) is 131 Å². The number of carbonyl (C=O) groups excluding carboxylic acids is 2. The number of ketones is 1. The standard InChI is InChI=1S/C52H46Cl2N16O18S5/c1-26(71)56-36-24-38(39(84-3)25-37(36)66-64-28-22-34-31(43(23-28)93(81,82)83)6-4-9-42(34)92(78,79)80)57-50-59-47(53)58-49(62-50)55-14-15-69-16-18-70(19-17-69)52-61-48(54)60-51(63-52)68(2)29-10-11-30-27(20-29)21-40(89-87-85-73)44(45(30)72)67-65-35-13-12-32-33(46(35)90-88-86-74)7-5-8-41(32)91(75,76)77/h4-13,20-25,65,73-74H,14-19H2,1-3H3,(H,56,71)(H,75,76,77)(H,78,79,80)(H,81,82,83)(H2,55,57,58,59,62)/b66-64?,67-44+. The Morgan fingerprint density at radius 1 is 0.710 bits per heavy atom. The first-order valence-corrected chi connectivity index (χ1v) is 32.9. The number of nitrogens with one attached hydrogen (secondary N) is 4. The van der Waals surface area contributed by atoms with E-state index in [1.807, 2.05) is 4.90 Å². The highest BCUT2D eigenvalue weighted by molar-refractivity contribution is 7.99. The number of piperazine rings is 1. The molecule has 0 spiro atoms. The predicted molar refractivity (Wildman–Crippen MR) is 340 cm³/mol. The minimum atomic E-state index is -4.96. The van der Waals surface area contributed by atoms with Crippen molar-refractivity contribution in [2.75, 3.05) is 84.6 Å². The minimum Gasteiger partial charge on any atom is -0.494 e. The zero-order valence-corrected chi connectivity index (χ0v) is 53.3. The number of hydrogen-bond acceptors (Lipinski definition) is 32. The van der Waals surface area contributed by atoms with E-state index in [0.29, 0.717) is 80.6 Å². The molecule has 1 amide bonds. The maximum absolute atomic E-state index is 14.1. The summed E-state index contributed by atoms with van der Waals surface area (Å²) in [5.41, 5.74) is 3.75. The van der Waals surface area contributed by atoms with E-state index in [1.165, 1.54) is 68.6 Å². The molecule has 34 nitrogen and oxygen atoms in total. The van der Waals surface area contributed by atoms with Gasteiger partial charge in [-0.05, 0) is 89.4 Å². The second kappa shape index (κ2) is 28.4. The summed E-state index contributed by atoms with van der Waals surface area (Å²) in [4.78, 5) is 57.1. The zero-order chi connectivity index (χ0) is 66.5. The van der Waals surface area contributed by atoms with Crippen LogP contribution in [0.5, 0.6) is 5.75 Å². The van der Waals surface area contributed by atoms with E-state index < -0.39 is 56.7 Å². The number of aromatic nitrogens is 6. The number of hydrogen-bond donors (Lipinski definition) is 9. The fourth-order valence-electron chi connectivity index (χ4n) is 9.59. The van der Waals surface area contributed by atoms with E-state index >= 15 is 0 Å². The number of azo groups is 1. The van der Waals surface area contributed by atoms with Crippen LogP contribution < -0.4 is 35.9 Å². The van der Waals surface area contributed by atoms with Gasteiger partial charge in [0.1, 0.15) is 31.8 Å². The quantitative estimate of drug-likeness (QED) is 0.00895. The molecule has 6 aromatic carbocycles. The molecule has 8 aromatic rings. The van der Waals surface area contributed by atoms with Crippen LogP contribution >= 0.6 is 47.3 Å². The molecule has 0 radical (unpaired) electrons. The average Bonchev–Trinajstić information content (AvgIpc) is 0.790. The maximum atomic E-state index is 14.1. The number of carbonyl (C=O) groups is 2. The molecule has 486 valence electrons. The number of rotatable bonds is 24. The Kier molecular flexibility index (Phi) is 20.6.